The highest BCUT2D eigenvalue weighted by molar-refractivity contribution is 6.02. The van der Waals surface area contributed by atoms with E-state index in [1.54, 1.807) is 0 Å². The minimum Gasteiger partial charge on any atom is -0.409 e. The number of nitrogens with two attached hydrogens (primary N) is 1. The third kappa shape index (κ3) is 3.00. The molecule has 2 aliphatic rings. The van der Waals surface area contributed by atoms with Crippen molar-refractivity contribution in [2.24, 2.45) is 16.8 Å². The number of piperazine rings is 1. The molecule has 108 valence electrons. The van der Waals surface area contributed by atoms with Gasteiger partial charge in [0.1, 0.15) is 0 Å². The fourth-order valence-corrected chi connectivity index (χ4v) is 3.16. The van der Waals surface area contributed by atoms with E-state index in [-0.39, 0.29) is 11.7 Å². The van der Waals surface area contributed by atoms with Crippen LogP contribution in [0.25, 0.3) is 0 Å². The quantitative estimate of drug-likeness (QED) is 0.337. The number of amidine groups is 1. The van der Waals surface area contributed by atoms with Gasteiger partial charge in [-0.25, -0.2) is 0 Å². The molecule has 0 aliphatic carbocycles. The Morgan fingerprint density at radius 3 is 2.89 bits per heavy atom. The molecule has 0 bridgehead atoms. The van der Waals surface area contributed by atoms with Crippen molar-refractivity contribution in [1.29, 1.82) is 0 Å². The van der Waals surface area contributed by atoms with Gasteiger partial charge in [-0.3, -0.25) is 9.69 Å². The number of rotatable bonds is 3. The number of carbonyl (C=O) groups is 1. The van der Waals surface area contributed by atoms with E-state index in [0.29, 0.717) is 12.5 Å². The van der Waals surface area contributed by atoms with Gasteiger partial charge in [0.25, 0.3) is 0 Å². The lowest BCUT2D eigenvalue weighted by Crippen LogP contribution is -2.57. The van der Waals surface area contributed by atoms with Crippen LogP contribution < -0.4 is 5.73 Å². The Morgan fingerprint density at radius 2 is 2.21 bits per heavy atom. The average Bonchev–Trinajstić information content (AvgIpc) is 2.47. The van der Waals surface area contributed by atoms with Crippen LogP contribution in [0.2, 0.25) is 0 Å². The predicted octanol–water partition coefficient (Wildman–Crippen LogP) is 0.456. The smallest absolute Gasteiger partial charge is 0.233 e. The minimum atomic E-state index is -0.486. The topological polar surface area (TPSA) is 82.2 Å². The van der Waals surface area contributed by atoms with Crippen LogP contribution in [0.5, 0.6) is 0 Å². The first-order valence-corrected chi connectivity index (χ1v) is 7.17. The standard InChI is InChI=1S/C13H24N4O2/c1-2-11(12(14)15-19)13(18)17-8-7-16-6-4-3-5-10(16)9-17/h10-11,19H,2-9H2,1H3,(H2,14,15). The van der Waals surface area contributed by atoms with Gasteiger partial charge in [-0.1, -0.05) is 18.5 Å². The molecule has 0 aromatic heterocycles. The zero-order valence-corrected chi connectivity index (χ0v) is 11.6. The van der Waals surface area contributed by atoms with Crippen LogP contribution in [-0.2, 0) is 4.79 Å². The molecule has 3 N–H and O–H groups in total. The van der Waals surface area contributed by atoms with Crippen molar-refractivity contribution < 1.29 is 10.0 Å². The molecule has 0 aromatic carbocycles. The molecule has 0 saturated carbocycles. The van der Waals surface area contributed by atoms with Crippen LogP contribution in [0.15, 0.2) is 5.16 Å². The number of nitrogens with zero attached hydrogens (tertiary/aromatic N) is 3. The highest BCUT2D eigenvalue weighted by Gasteiger charge is 2.34. The third-order valence-electron chi connectivity index (χ3n) is 4.33. The van der Waals surface area contributed by atoms with Gasteiger partial charge in [0, 0.05) is 25.7 Å². The SMILES string of the molecule is CCC(C(=O)N1CCN2CCCCC2C1)C(N)=NO. The van der Waals surface area contributed by atoms with Crippen LogP contribution in [0, 0.1) is 5.92 Å². The second-order valence-corrected chi connectivity index (χ2v) is 5.46. The van der Waals surface area contributed by atoms with Gasteiger partial charge in [-0.2, -0.15) is 0 Å². The van der Waals surface area contributed by atoms with Gasteiger partial charge in [0.05, 0.1) is 5.92 Å². The normalized spacial score (nSPS) is 26.9. The van der Waals surface area contributed by atoms with E-state index < -0.39 is 5.92 Å². The first-order chi connectivity index (χ1) is 9.17. The van der Waals surface area contributed by atoms with E-state index in [9.17, 15) is 4.79 Å². The molecule has 0 spiro atoms. The largest absolute Gasteiger partial charge is 0.409 e. The maximum absolute atomic E-state index is 12.4. The molecule has 2 atom stereocenters. The highest BCUT2D eigenvalue weighted by Crippen LogP contribution is 2.22. The third-order valence-corrected chi connectivity index (χ3v) is 4.33. The summed E-state index contributed by atoms with van der Waals surface area (Å²) in [5.74, 6) is -0.457. The van der Waals surface area contributed by atoms with Gasteiger partial charge in [-0.15, -0.1) is 0 Å². The van der Waals surface area contributed by atoms with Crippen molar-refractivity contribution in [2.75, 3.05) is 26.2 Å². The van der Waals surface area contributed by atoms with E-state index >= 15 is 0 Å². The summed E-state index contributed by atoms with van der Waals surface area (Å²) < 4.78 is 0. The molecular weight excluding hydrogens is 244 g/mol. The van der Waals surface area contributed by atoms with Crippen LogP contribution >= 0.6 is 0 Å². The summed E-state index contributed by atoms with van der Waals surface area (Å²) in [6, 6.07) is 0.497. The first-order valence-electron chi connectivity index (χ1n) is 7.17. The van der Waals surface area contributed by atoms with Gasteiger partial charge in [-0.05, 0) is 25.8 Å². The molecular formula is C13H24N4O2. The van der Waals surface area contributed by atoms with E-state index in [4.69, 9.17) is 10.9 Å². The second-order valence-electron chi connectivity index (χ2n) is 5.46. The van der Waals surface area contributed by atoms with Crippen LogP contribution in [0.3, 0.4) is 0 Å². The maximum atomic E-state index is 12.4. The first kappa shape index (κ1) is 14.1. The number of carbonyl (C=O) groups excluding carboxylic acids is 1. The summed E-state index contributed by atoms with van der Waals surface area (Å²) in [6.45, 7) is 5.53. The Morgan fingerprint density at radius 1 is 1.42 bits per heavy atom. The van der Waals surface area contributed by atoms with Gasteiger partial charge in [0.2, 0.25) is 5.91 Å². The summed E-state index contributed by atoms with van der Waals surface area (Å²) in [5, 5.41) is 11.7. The lowest BCUT2D eigenvalue weighted by atomic mass is 9.97. The van der Waals surface area contributed by atoms with Crippen LogP contribution in [-0.4, -0.2) is 59.0 Å². The Kier molecular flexibility index (Phi) is 4.63. The van der Waals surface area contributed by atoms with E-state index in [1.165, 1.54) is 19.3 Å². The monoisotopic (exact) mass is 268 g/mol. The fourth-order valence-electron chi connectivity index (χ4n) is 3.16. The van der Waals surface area contributed by atoms with Gasteiger partial charge < -0.3 is 15.8 Å². The molecule has 2 aliphatic heterocycles. The summed E-state index contributed by atoms with van der Waals surface area (Å²) in [7, 11) is 0. The number of oxime groups is 1. The maximum Gasteiger partial charge on any atom is 0.233 e. The summed E-state index contributed by atoms with van der Waals surface area (Å²) in [4.78, 5) is 16.8. The van der Waals surface area contributed by atoms with Crippen molar-refractivity contribution >= 4 is 11.7 Å². The Hall–Kier alpha value is -1.30. The number of piperidine rings is 1. The van der Waals surface area contributed by atoms with Crippen LogP contribution in [0.1, 0.15) is 32.6 Å². The molecule has 2 fully saturated rings. The zero-order valence-electron chi connectivity index (χ0n) is 11.6. The van der Waals surface area contributed by atoms with E-state index in [2.05, 4.69) is 10.1 Å². The number of amides is 1. The number of hydrogen-bond donors (Lipinski definition) is 2. The zero-order chi connectivity index (χ0) is 13.8. The van der Waals surface area contributed by atoms with Crippen molar-refractivity contribution in [2.45, 2.75) is 38.6 Å². The molecule has 0 radical (unpaired) electrons. The highest BCUT2D eigenvalue weighted by atomic mass is 16.4. The molecule has 2 rings (SSSR count). The fraction of sp³-hybridized carbons (Fsp3) is 0.846. The number of fused-ring (bicyclic) bond motifs is 1. The molecule has 0 aromatic rings. The average molecular weight is 268 g/mol. The summed E-state index contributed by atoms with van der Waals surface area (Å²) in [6.07, 6.45) is 4.26. The molecule has 6 heteroatoms. The summed E-state index contributed by atoms with van der Waals surface area (Å²) >= 11 is 0. The molecule has 2 saturated heterocycles. The van der Waals surface area contributed by atoms with Crippen molar-refractivity contribution in [3.05, 3.63) is 0 Å². The molecule has 1 amide bonds. The second kappa shape index (κ2) is 6.23. The molecule has 2 heterocycles. The minimum absolute atomic E-state index is 0.00280. The Bertz CT molecular complexity index is 359. The Balaban J connectivity index is 1.99. The number of hydrogen-bond acceptors (Lipinski definition) is 4. The molecule has 2 unspecified atom stereocenters. The van der Waals surface area contributed by atoms with E-state index in [0.717, 1.165) is 26.2 Å². The lowest BCUT2D eigenvalue weighted by Gasteiger charge is -2.44. The van der Waals surface area contributed by atoms with Crippen molar-refractivity contribution in [3.63, 3.8) is 0 Å². The Labute approximate surface area is 114 Å². The van der Waals surface area contributed by atoms with Gasteiger partial charge >= 0.3 is 0 Å². The van der Waals surface area contributed by atoms with Crippen molar-refractivity contribution in [3.8, 4) is 0 Å². The van der Waals surface area contributed by atoms with E-state index in [1.807, 2.05) is 11.8 Å². The van der Waals surface area contributed by atoms with Crippen LogP contribution in [0.4, 0.5) is 0 Å². The molecule has 19 heavy (non-hydrogen) atoms. The summed E-state index contributed by atoms with van der Waals surface area (Å²) in [5.41, 5.74) is 5.61. The lowest BCUT2D eigenvalue weighted by molar-refractivity contribution is -0.137. The van der Waals surface area contributed by atoms with Crippen molar-refractivity contribution in [1.82, 2.24) is 9.80 Å². The van der Waals surface area contributed by atoms with Gasteiger partial charge in [0.15, 0.2) is 5.84 Å². The molecule has 6 nitrogen and oxygen atoms in total. The predicted molar refractivity (Wildman–Crippen MR) is 73.0 cm³/mol.